The molecule has 160 valence electrons. The normalized spacial score (nSPS) is 11.6. The Morgan fingerprint density at radius 3 is 2.41 bits per heavy atom. The number of nitrogens with one attached hydrogen (secondary N) is 1. The van der Waals surface area contributed by atoms with Crippen LogP contribution in [0.5, 0.6) is 0 Å². The van der Waals surface area contributed by atoms with E-state index >= 15 is 0 Å². The Hall–Kier alpha value is -3.48. The summed E-state index contributed by atoms with van der Waals surface area (Å²) in [4.78, 5) is 16.4. The molecule has 4 aromatic rings. The van der Waals surface area contributed by atoms with Crippen molar-refractivity contribution >= 4 is 50.9 Å². The molecule has 4 N–H and O–H groups in total. The number of aromatic nitrogens is 1. The third-order valence-corrected chi connectivity index (χ3v) is 6.66. The van der Waals surface area contributed by atoms with Gasteiger partial charge in [0.05, 0.1) is 16.6 Å². The van der Waals surface area contributed by atoms with Gasteiger partial charge in [0.15, 0.2) is 0 Å². The summed E-state index contributed by atoms with van der Waals surface area (Å²) in [6.07, 6.45) is 2.56. The number of aryl methyl sites for hydroxylation is 1. The van der Waals surface area contributed by atoms with E-state index in [0.717, 1.165) is 48.6 Å². The molecule has 5 nitrogen and oxygen atoms in total. The molecule has 0 saturated heterocycles. The van der Waals surface area contributed by atoms with Crippen molar-refractivity contribution in [3.8, 4) is 21.7 Å². The molecule has 7 heteroatoms. The molecule has 0 fully saturated rings. The minimum atomic E-state index is -0.877. The molecule has 0 aliphatic rings. The SMILES string of the molecule is Cc1cc2nc(-c3ccc(/C(C=N)=C/N)cc3)sc2c(-c2ccc(Cl)cc2)c1CC(=O)O. The summed E-state index contributed by atoms with van der Waals surface area (Å²) in [6, 6.07) is 17.1. The fourth-order valence-corrected chi connectivity index (χ4v) is 4.96. The number of hydrogen-bond donors (Lipinski definition) is 3. The highest BCUT2D eigenvalue weighted by atomic mass is 35.5. The summed E-state index contributed by atoms with van der Waals surface area (Å²) in [5, 5.41) is 18.4. The van der Waals surface area contributed by atoms with E-state index in [-0.39, 0.29) is 6.42 Å². The first-order valence-electron chi connectivity index (χ1n) is 9.85. The Labute approximate surface area is 194 Å². The molecule has 0 saturated carbocycles. The van der Waals surface area contributed by atoms with Crippen LogP contribution in [0.2, 0.25) is 5.02 Å². The van der Waals surface area contributed by atoms with E-state index in [1.54, 1.807) is 0 Å². The lowest BCUT2D eigenvalue weighted by Gasteiger charge is -2.13. The third kappa shape index (κ3) is 4.15. The van der Waals surface area contributed by atoms with Gasteiger partial charge < -0.3 is 16.2 Å². The van der Waals surface area contributed by atoms with Crippen molar-refractivity contribution in [1.82, 2.24) is 4.98 Å². The second-order valence-electron chi connectivity index (χ2n) is 7.34. The van der Waals surface area contributed by atoms with Crippen LogP contribution in [0, 0.1) is 12.3 Å². The molecule has 32 heavy (non-hydrogen) atoms. The number of hydrogen-bond acceptors (Lipinski definition) is 5. The minimum Gasteiger partial charge on any atom is -0.481 e. The first-order chi connectivity index (χ1) is 15.4. The number of fused-ring (bicyclic) bond motifs is 1. The monoisotopic (exact) mass is 461 g/mol. The van der Waals surface area contributed by atoms with Gasteiger partial charge >= 0.3 is 5.97 Å². The standard InChI is InChI=1S/C25H20ClN3O2S/c1-14-10-21-24(23(20(14)11-22(30)31)16-6-8-19(26)9-7-16)32-25(29-21)17-4-2-15(3-5-17)18(12-27)13-28/h2-10,12-13,27H,11,28H2,1H3,(H,30,31)/b18-13+,27-12?. The lowest BCUT2D eigenvalue weighted by Crippen LogP contribution is -2.04. The quantitative estimate of drug-likeness (QED) is 0.299. The highest BCUT2D eigenvalue weighted by Gasteiger charge is 2.19. The van der Waals surface area contributed by atoms with Gasteiger partial charge in [0.1, 0.15) is 5.01 Å². The smallest absolute Gasteiger partial charge is 0.307 e. The predicted molar refractivity (Wildman–Crippen MR) is 133 cm³/mol. The van der Waals surface area contributed by atoms with E-state index in [1.165, 1.54) is 23.8 Å². The second-order valence-corrected chi connectivity index (χ2v) is 8.77. The number of thiazole rings is 1. The van der Waals surface area contributed by atoms with Gasteiger partial charge in [0.25, 0.3) is 0 Å². The fraction of sp³-hybridized carbons (Fsp3) is 0.0800. The first kappa shape index (κ1) is 21.7. The zero-order valence-electron chi connectivity index (χ0n) is 17.2. The Morgan fingerprint density at radius 2 is 1.81 bits per heavy atom. The molecule has 0 atom stereocenters. The molecule has 1 heterocycles. The van der Waals surface area contributed by atoms with Gasteiger partial charge in [-0.3, -0.25) is 4.79 Å². The topological polar surface area (TPSA) is 100 Å². The van der Waals surface area contributed by atoms with Crippen molar-refractivity contribution in [2.45, 2.75) is 13.3 Å². The van der Waals surface area contributed by atoms with Gasteiger partial charge in [-0.05, 0) is 47.4 Å². The number of nitrogens with two attached hydrogens (primary N) is 1. The van der Waals surface area contributed by atoms with Crippen molar-refractivity contribution in [1.29, 1.82) is 5.41 Å². The average Bonchev–Trinajstić information content (AvgIpc) is 3.19. The van der Waals surface area contributed by atoms with Crippen LogP contribution in [0.1, 0.15) is 16.7 Å². The van der Waals surface area contributed by atoms with Crippen LogP contribution in [-0.2, 0) is 11.2 Å². The summed E-state index contributed by atoms with van der Waals surface area (Å²) in [6.45, 7) is 1.92. The van der Waals surface area contributed by atoms with Crippen LogP contribution in [0.3, 0.4) is 0 Å². The summed E-state index contributed by atoms with van der Waals surface area (Å²) in [5.74, 6) is -0.877. The van der Waals surface area contributed by atoms with E-state index in [2.05, 4.69) is 0 Å². The maximum atomic E-state index is 11.6. The van der Waals surface area contributed by atoms with Crippen molar-refractivity contribution < 1.29 is 9.90 Å². The van der Waals surface area contributed by atoms with Crippen LogP contribution in [-0.4, -0.2) is 22.3 Å². The van der Waals surface area contributed by atoms with Gasteiger partial charge in [0.2, 0.25) is 0 Å². The van der Waals surface area contributed by atoms with Gasteiger partial charge in [-0.1, -0.05) is 48.0 Å². The van der Waals surface area contributed by atoms with Crippen LogP contribution in [0.25, 0.3) is 37.5 Å². The number of rotatable bonds is 6. The van der Waals surface area contributed by atoms with Gasteiger partial charge in [0, 0.05) is 34.1 Å². The van der Waals surface area contributed by atoms with Crippen LogP contribution < -0.4 is 5.73 Å². The number of carbonyl (C=O) groups is 1. The molecular weight excluding hydrogens is 442 g/mol. The minimum absolute atomic E-state index is 0.0700. The van der Waals surface area contributed by atoms with Crippen molar-refractivity contribution in [3.63, 3.8) is 0 Å². The predicted octanol–water partition coefficient (Wildman–Crippen LogP) is 6.17. The molecule has 4 rings (SSSR count). The number of allylic oxidation sites excluding steroid dienone is 1. The van der Waals surface area contributed by atoms with E-state index in [9.17, 15) is 9.90 Å². The average molecular weight is 462 g/mol. The van der Waals surface area contributed by atoms with E-state index in [4.69, 9.17) is 27.7 Å². The molecule has 0 radical (unpaired) electrons. The summed E-state index contributed by atoms with van der Waals surface area (Å²) in [5.41, 5.74) is 12.3. The summed E-state index contributed by atoms with van der Waals surface area (Å²) < 4.78 is 0.940. The fourth-order valence-electron chi connectivity index (χ4n) is 3.69. The molecule has 0 aliphatic carbocycles. The third-order valence-electron chi connectivity index (χ3n) is 5.27. The first-order valence-corrected chi connectivity index (χ1v) is 11.0. The van der Waals surface area contributed by atoms with Crippen LogP contribution in [0.15, 0.2) is 60.8 Å². The Bertz CT molecular complexity index is 1360. The number of halogens is 1. The lowest BCUT2D eigenvalue weighted by molar-refractivity contribution is -0.136. The number of nitrogens with zero attached hydrogens (tertiary/aromatic N) is 1. The zero-order valence-corrected chi connectivity index (χ0v) is 18.8. The molecule has 0 amide bonds. The van der Waals surface area contributed by atoms with E-state index < -0.39 is 5.97 Å². The highest BCUT2D eigenvalue weighted by molar-refractivity contribution is 7.22. The van der Waals surface area contributed by atoms with Crippen LogP contribution >= 0.6 is 22.9 Å². The molecule has 0 aliphatic heterocycles. The van der Waals surface area contributed by atoms with E-state index in [0.29, 0.717) is 10.6 Å². The molecule has 0 bridgehead atoms. The summed E-state index contributed by atoms with van der Waals surface area (Å²) in [7, 11) is 0. The Morgan fingerprint density at radius 1 is 1.16 bits per heavy atom. The zero-order chi connectivity index (χ0) is 22.8. The summed E-state index contributed by atoms with van der Waals surface area (Å²) >= 11 is 7.61. The van der Waals surface area contributed by atoms with Crippen molar-refractivity contribution in [2.75, 3.05) is 0 Å². The lowest BCUT2D eigenvalue weighted by atomic mass is 9.93. The molecule has 3 aromatic carbocycles. The van der Waals surface area contributed by atoms with Crippen LogP contribution in [0.4, 0.5) is 0 Å². The van der Waals surface area contributed by atoms with Crippen molar-refractivity contribution in [3.05, 3.63) is 82.5 Å². The second kappa shape index (κ2) is 8.94. The largest absolute Gasteiger partial charge is 0.481 e. The number of carboxylic acid groups (broad SMARTS) is 1. The molecule has 1 aromatic heterocycles. The maximum Gasteiger partial charge on any atom is 0.307 e. The van der Waals surface area contributed by atoms with E-state index in [1.807, 2.05) is 61.5 Å². The Balaban J connectivity index is 1.90. The number of aliphatic carboxylic acids is 1. The number of carboxylic acids is 1. The van der Waals surface area contributed by atoms with Gasteiger partial charge in [-0.25, -0.2) is 4.98 Å². The molecular formula is C25H20ClN3O2S. The maximum absolute atomic E-state index is 11.6. The molecule has 0 unspecified atom stereocenters. The Kier molecular flexibility index (Phi) is 6.08. The van der Waals surface area contributed by atoms with Gasteiger partial charge in [-0.15, -0.1) is 11.3 Å². The number of benzene rings is 3. The highest BCUT2D eigenvalue weighted by Crippen LogP contribution is 2.41. The molecule has 0 spiro atoms. The van der Waals surface area contributed by atoms with Gasteiger partial charge in [-0.2, -0.15) is 0 Å². The van der Waals surface area contributed by atoms with Crippen molar-refractivity contribution in [2.24, 2.45) is 5.73 Å².